The van der Waals surface area contributed by atoms with Crippen LogP contribution in [-0.4, -0.2) is 24.9 Å². The third-order valence-corrected chi connectivity index (χ3v) is 17.4. The number of para-hydroxylation sites is 2. The molecule has 0 spiro atoms. The molecule has 0 amide bonds. The second-order valence-corrected chi connectivity index (χ2v) is 24.2. The minimum atomic E-state index is 0.697. The van der Waals surface area contributed by atoms with E-state index in [1.54, 1.807) is 18.6 Å². The molecule has 10 heterocycles. The highest BCUT2D eigenvalue weighted by molar-refractivity contribution is 6.08. The average Bonchev–Trinajstić information content (AvgIpc) is 1.67. The van der Waals surface area contributed by atoms with Crippen LogP contribution in [0.5, 0.6) is 0 Å². The van der Waals surface area contributed by atoms with E-state index in [1.165, 1.54) is 50.1 Å². The van der Waals surface area contributed by atoms with E-state index >= 15 is 0 Å². The van der Waals surface area contributed by atoms with Gasteiger partial charge in [-0.25, -0.2) is 9.97 Å². The Kier molecular flexibility index (Phi) is 16.1. The van der Waals surface area contributed by atoms with Crippen molar-refractivity contribution in [3.8, 4) is 55.8 Å². The Morgan fingerprint density at radius 3 is 1.34 bits per heavy atom. The number of nitrogens with zero attached hydrogens (tertiary/aromatic N) is 5. The van der Waals surface area contributed by atoms with E-state index in [4.69, 9.17) is 27.1 Å². The van der Waals surface area contributed by atoms with E-state index in [1.807, 2.05) is 140 Å². The number of aryl methyl sites for hydroxylation is 3. The van der Waals surface area contributed by atoms with Gasteiger partial charge in [0.1, 0.15) is 50.0 Å². The highest BCUT2D eigenvalue weighted by Crippen LogP contribution is 2.37. The summed E-state index contributed by atoms with van der Waals surface area (Å²) < 4.78 is 29.1. The predicted octanol–water partition coefficient (Wildman–Crippen LogP) is 24.2. The Morgan fingerprint density at radius 2 is 0.663 bits per heavy atom. The average molecular weight is 1270 g/mol. The molecule has 10 aromatic heterocycles. The molecule has 20 aromatic rings. The zero-order valence-corrected chi connectivity index (χ0v) is 53.8. The molecule has 10 aromatic carbocycles. The Labute approximate surface area is 563 Å². The Morgan fingerprint density at radius 1 is 0.224 bits per heavy atom. The first-order valence-electron chi connectivity index (χ1n) is 32.5. The van der Waals surface area contributed by atoms with Gasteiger partial charge in [-0.1, -0.05) is 193 Å². The van der Waals surface area contributed by atoms with E-state index in [0.29, 0.717) is 5.71 Å². The van der Waals surface area contributed by atoms with Gasteiger partial charge >= 0.3 is 0 Å². The standard InChI is InChI=1S/3C18H13NO.2C17H11NO/c1-12-4-2-5-13(10-12)14-7-8-16-15(11-14)18-17(20-16)6-3-9-19-18;1-12-5-4-6-13(9-12)14-10-16-15-7-2-3-8-17(15)20-18(16)19-11-14;1-12-5-4-6-13(11-12)15-9-10-17-18(19-15)14-7-2-3-8-16(14)20-17;1-2-5-12(6-3-1)13-8-9-14-16(11-13)19-15-7-4-10-18-17(14)15;1-2-4-12(5-3-1)13-6-7-14-15-11-18-9-8-16(15)19-17(14)10-13/h3*2-11H,1H3;2*1-11H. The van der Waals surface area contributed by atoms with Crippen molar-refractivity contribution in [3.63, 3.8) is 0 Å². The van der Waals surface area contributed by atoms with Crippen LogP contribution in [0.1, 0.15) is 16.7 Å². The van der Waals surface area contributed by atoms with Gasteiger partial charge in [-0.3, -0.25) is 15.0 Å². The number of hydrogen-bond donors (Lipinski definition) is 0. The van der Waals surface area contributed by atoms with Gasteiger partial charge in [-0.15, -0.1) is 0 Å². The summed E-state index contributed by atoms with van der Waals surface area (Å²) in [6.07, 6.45) is 9.07. The van der Waals surface area contributed by atoms with Crippen LogP contribution < -0.4 is 0 Å². The molecule has 0 fully saturated rings. The molecular weight excluding hydrogens is 1210 g/mol. The van der Waals surface area contributed by atoms with Crippen LogP contribution in [0.15, 0.2) is 338 Å². The molecule has 0 N–H and O–H groups in total. The van der Waals surface area contributed by atoms with Gasteiger partial charge in [0.2, 0.25) is 5.71 Å². The molecule has 10 nitrogen and oxygen atoms in total. The first kappa shape index (κ1) is 59.9. The lowest BCUT2D eigenvalue weighted by Gasteiger charge is -2.02. The maximum atomic E-state index is 5.87. The van der Waals surface area contributed by atoms with E-state index in [-0.39, 0.29) is 0 Å². The summed E-state index contributed by atoms with van der Waals surface area (Å²) in [4.78, 5) is 22.2. The number of benzene rings is 10. The lowest BCUT2D eigenvalue weighted by Crippen LogP contribution is -1.84. The number of rotatable bonds is 5. The van der Waals surface area contributed by atoms with Crippen LogP contribution in [-0.2, 0) is 0 Å². The van der Waals surface area contributed by atoms with Gasteiger partial charge in [0.25, 0.3) is 0 Å². The first-order chi connectivity index (χ1) is 48.3. The number of aromatic nitrogens is 5. The van der Waals surface area contributed by atoms with Crippen LogP contribution in [0.4, 0.5) is 0 Å². The summed E-state index contributed by atoms with van der Waals surface area (Å²) >= 11 is 0. The number of hydrogen-bond acceptors (Lipinski definition) is 10. The minimum Gasteiger partial charge on any atom is -0.456 e. The lowest BCUT2D eigenvalue weighted by molar-refractivity contribution is 0.654. The van der Waals surface area contributed by atoms with Gasteiger partial charge in [-0.2, -0.15) is 0 Å². The molecule has 0 saturated heterocycles. The van der Waals surface area contributed by atoms with Crippen molar-refractivity contribution in [3.05, 3.63) is 333 Å². The normalized spacial score (nSPS) is 11.2. The molecule has 0 aliphatic carbocycles. The molecule has 468 valence electrons. The van der Waals surface area contributed by atoms with Crippen LogP contribution in [0.25, 0.3) is 166 Å². The summed E-state index contributed by atoms with van der Waals surface area (Å²) in [6.45, 7) is 6.30. The van der Waals surface area contributed by atoms with Gasteiger partial charge in [0.05, 0.1) is 5.69 Å². The van der Waals surface area contributed by atoms with Crippen LogP contribution >= 0.6 is 0 Å². The third-order valence-electron chi connectivity index (χ3n) is 17.4. The van der Waals surface area contributed by atoms with Crippen molar-refractivity contribution in [2.45, 2.75) is 20.8 Å². The highest BCUT2D eigenvalue weighted by atomic mass is 16.3. The van der Waals surface area contributed by atoms with E-state index in [2.05, 4.69) is 198 Å². The summed E-state index contributed by atoms with van der Waals surface area (Å²) in [5, 5.41) is 7.57. The maximum Gasteiger partial charge on any atom is 0.227 e. The Hall–Kier alpha value is -13.1. The molecule has 0 saturated carbocycles. The van der Waals surface area contributed by atoms with Crippen LogP contribution in [0, 0.1) is 20.8 Å². The van der Waals surface area contributed by atoms with Gasteiger partial charge in [-0.05, 0) is 169 Å². The molecular formula is C88H61N5O5. The SMILES string of the molecule is Cc1cccc(-c2ccc3oc4ccccc4c3n2)c1.Cc1cccc(-c2ccc3oc4cccnc4c3c2)c1.Cc1cccc(-c2cnc3oc4ccccc4c3c2)c1.c1ccc(-c2ccc3c(c2)oc2cccnc23)cc1.c1ccc(-c2ccc3c(c2)oc2ccncc23)cc1. The smallest absolute Gasteiger partial charge is 0.227 e. The molecule has 0 bridgehead atoms. The van der Waals surface area contributed by atoms with Crippen molar-refractivity contribution in [2.75, 3.05) is 0 Å². The first-order valence-corrected chi connectivity index (χ1v) is 32.5. The zero-order valence-electron chi connectivity index (χ0n) is 53.8. The van der Waals surface area contributed by atoms with Crippen molar-refractivity contribution >= 4 is 110 Å². The van der Waals surface area contributed by atoms with Gasteiger partial charge < -0.3 is 22.1 Å². The van der Waals surface area contributed by atoms with Crippen molar-refractivity contribution in [1.29, 1.82) is 0 Å². The highest BCUT2D eigenvalue weighted by Gasteiger charge is 2.15. The summed E-state index contributed by atoms with van der Waals surface area (Å²) in [5.74, 6) is 0. The second kappa shape index (κ2) is 26.4. The fourth-order valence-corrected chi connectivity index (χ4v) is 12.6. The summed E-state index contributed by atoms with van der Waals surface area (Å²) in [7, 11) is 0. The number of fused-ring (bicyclic) bond motifs is 15. The molecule has 0 atom stereocenters. The van der Waals surface area contributed by atoms with Gasteiger partial charge in [0.15, 0.2) is 16.7 Å². The fraction of sp³-hybridized carbons (Fsp3) is 0.0341. The fourth-order valence-electron chi connectivity index (χ4n) is 12.6. The van der Waals surface area contributed by atoms with E-state index in [9.17, 15) is 0 Å². The van der Waals surface area contributed by atoms with Crippen molar-refractivity contribution < 1.29 is 22.1 Å². The third kappa shape index (κ3) is 12.3. The van der Waals surface area contributed by atoms with Crippen LogP contribution in [0.3, 0.4) is 0 Å². The van der Waals surface area contributed by atoms with E-state index < -0.39 is 0 Å². The van der Waals surface area contributed by atoms with Crippen molar-refractivity contribution in [1.82, 2.24) is 24.9 Å². The monoisotopic (exact) mass is 1270 g/mol. The maximum absolute atomic E-state index is 5.87. The summed E-state index contributed by atoms with van der Waals surface area (Å²) in [5.41, 5.74) is 26.6. The largest absolute Gasteiger partial charge is 0.456 e. The number of pyridine rings is 5. The van der Waals surface area contributed by atoms with E-state index in [0.717, 1.165) is 127 Å². The topological polar surface area (TPSA) is 130 Å². The predicted molar refractivity (Wildman–Crippen MR) is 399 cm³/mol. The van der Waals surface area contributed by atoms with Crippen molar-refractivity contribution in [2.24, 2.45) is 0 Å². The molecule has 0 aliphatic rings. The van der Waals surface area contributed by atoms with Gasteiger partial charge in [0, 0.05) is 79.8 Å². The minimum absolute atomic E-state index is 0.697. The molecule has 20 rings (SSSR count). The molecule has 0 radical (unpaired) electrons. The lowest BCUT2D eigenvalue weighted by atomic mass is 10.0. The molecule has 10 heteroatoms. The zero-order chi connectivity index (χ0) is 65.9. The molecule has 98 heavy (non-hydrogen) atoms. The Bertz CT molecular complexity index is 5740. The molecule has 0 aliphatic heterocycles. The quantitative estimate of drug-likeness (QED) is 0.164. The van der Waals surface area contributed by atoms with Crippen LogP contribution in [0.2, 0.25) is 0 Å². The molecule has 0 unspecified atom stereocenters. The number of furan rings is 5. The summed E-state index contributed by atoms with van der Waals surface area (Å²) in [6, 6.07) is 96.7. The Balaban J connectivity index is 0.0000000958. The second-order valence-electron chi connectivity index (χ2n) is 24.2.